The molecular weight excluding hydrogens is 487 g/mol. The molecule has 0 saturated heterocycles. The second-order valence-corrected chi connectivity index (χ2v) is 8.23. The van der Waals surface area contributed by atoms with Gasteiger partial charge in [-0.25, -0.2) is 0 Å². The third-order valence-corrected chi connectivity index (χ3v) is 5.60. The fourth-order valence-corrected chi connectivity index (χ4v) is 3.95. The number of benzene rings is 3. The lowest BCUT2D eigenvalue weighted by Crippen LogP contribution is -2.38. The van der Waals surface area contributed by atoms with Crippen molar-refractivity contribution in [1.29, 1.82) is 0 Å². The minimum atomic E-state index is -0.755. The van der Waals surface area contributed by atoms with Gasteiger partial charge in [-0.2, -0.15) is 0 Å². The fourth-order valence-electron chi connectivity index (χ4n) is 3.34. The molecule has 1 aliphatic rings. The van der Waals surface area contributed by atoms with Gasteiger partial charge < -0.3 is 10.2 Å². The quantitative estimate of drug-likeness (QED) is 0.496. The first-order valence-electron chi connectivity index (χ1n) is 8.74. The molecule has 3 aromatic carbocycles. The normalized spacial score (nSPS) is 16.4. The Hall–Kier alpha value is -2.38. The molecule has 0 aliphatic carbocycles. The number of rotatable bonds is 3. The molecular formula is C22H16ClIN2O2. The number of amides is 2. The summed E-state index contributed by atoms with van der Waals surface area (Å²) in [7, 11) is 0. The van der Waals surface area contributed by atoms with Gasteiger partial charge in [0.2, 0.25) is 0 Å². The minimum Gasteiger partial charge on any atom is -0.323 e. The number of halogens is 2. The number of anilines is 1. The van der Waals surface area contributed by atoms with E-state index in [2.05, 4.69) is 27.9 Å². The summed E-state index contributed by atoms with van der Waals surface area (Å²) in [4.78, 5) is 28.3. The van der Waals surface area contributed by atoms with E-state index in [4.69, 9.17) is 11.6 Å². The minimum absolute atomic E-state index is 0.185. The maximum absolute atomic E-state index is 13.5. The van der Waals surface area contributed by atoms with E-state index >= 15 is 0 Å². The molecule has 2 amide bonds. The first-order valence-corrected chi connectivity index (χ1v) is 10.2. The van der Waals surface area contributed by atoms with Crippen LogP contribution in [-0.4, -0.2) is 16.7 Å². The lowest BCUT2D eigenvalue weighted by molar-refractivity contribution is -0.120. The monoisotopic (exact) mass is 502 g/mol. The van der Waals surface area contributed by atoms with E-state index in [0.717, 1.165) is 9.13 Å². The van der Waals surface area contributed by atoms with E-state index in [-0.39, 0.29) is 11.8 Å². The van der Waals surface area contributed by atoms with E-state index in [1.165, 1.54) is 0 Å². The van der Waals surface area contributed by atoms with Gasteiger partial charge in [-0.15, -0.1) is 0 Å². The highest BCUT2D eigenvalue weighted by Crippen LogP contribution is 2.33. The molecule has 1 atom stereocenters. The molecule has 0 bridgehead atoms. The zero-order chi connectivity index (χ0) is 19.7. The van der Waals surface area contributed by atoms with Gasteiger partial charge in [-0.05, 0) is 64.0 Å². The molecule has 4 rings (SSSR count). The van der Waals surface area contributed by atoms with Crippen LogP contribution in [0.25, 0.3) is 0 Å². The summed E-state index contributed by atoms with van der Waals surface area (Å²) in [5.74, 6) is -0.428. The molecule has 140 valence electrons. The number of fused-ring (bicyclic) bond motifs is 1. The average molecular weight is 503 g/mol. The van der Waals surface area contributed by atoms with Gasteiger partial charge in [0, 0.05) is 15.1 Å². The first kappa shape index (κ1) is 19.0. The highest BCUT2D eigenvalue weighted by molar-refractivity contribution is 14.1. The van der Waals surface area contributed by atoms with Crippen LogP contribution in [0.1, 0.15) is 27.5 Å². The molecule has 1 N–H and O–H groups in total. The Morgan fingerprint density at radius 3 is 2.39 bits per heavy atom. The Labute approximate surface area is 181 Å². The fraction of sp³-hybridized carbons (Fsp3) is 0.0909. The second kappa shape index (κ2) is 7.93. The highest BCUT2D eigenvalue weighted by atomic mass is 127. The molecule has 4 nitrogen and oxygen atoms in total. The van der Waals surface area contributed by atoms with Crippen LogP contribution in [0.5, 0.6) is 0 Å². The summed E-state index contributed by atoms with van der Waals surface area (Å²) >= 11 is 8.19. The van der Waals surface area contributed by atoms with Crippen molar-refractivity contribution in [2.75, 3.05) is 5.32 Å². The van der Waals surface area contributed by atoms with Crippen molar-refractivity contribution in [2.45, 2.75) is 12.6 Å². The van der Waals surface area contributed by atoms with Gasteiger partial charge in [0.05, 0.1) is 11.3 Å². The van der Waals surface area contributed by atoms with Crippen LogP contribution in [0, 0.1) is 3.57 Å². The maximum Gasteiger partial charge on any atom is 0.257 e. The Balaban J connectivity index is 1.83. The molecule has 1 heterocycles. The molecule has 28 heavy (non-hydrogen) atoms. The number of hydrogen-bond donors (Lipinski definition) is 1. The first-order chi connectivity index (χ1) is 13.5. The third kappa shape index (κ3) is 3.77. The Bertz CT molecular complexity index is 1040. The van der Waals surface area contributed by atoms with Gasteiger partial charge in [0.15, 0.2) is 0 Å². The lowest BCUT2D eigenvalue weighted by atomic mass is 10.0. The SMILES string of the molecule is O=C1Nc2ccc(I)cc2C(=O)N(Cc2ccccc2)C1c1ccc(Cl)cc1. The molecule has 6 heteroatoms. The van der Waals surface area contributed by atoms with Crippen molar-refractivity contribution in [3.05, 3.63) is 98.1 Å². The van der Waals surface area contributed by atoms with Gasteiger partial charge in [-0.3, -0.25) is 9.59 Å². The highest BCUT2D eigenvalue weighted by Gasteiger charge is 2.36. The van der Waals surface area contributed by atoms with Gasteiger partial charge >= 0.3 is 0 Å². The van der Waals surface area contributed by atoms with Crippen LogP contribution in [0.2, 0.25) is 5.02 Å². The number of nitrogens with zero attached hydrogens (tertiary/aromatic N) is 1. The van der Waals surface area contributed by atoms with Crippen LogP contribution in [0.15, 0.2) is 72.8 Å². The van der Waals surface area contributed by atoms with Crippen molar-refractivity contribution in [2.24, 2.45) is 0 Å². The number of carbonyl (C=O) groups is 2. The van der Waals surface area contributed by atoms with E-state index in [1.54, 1.807) is 41.3 Å². The summed E-state index contributed by atoms with van der Waals surface area (Å²) in [6, 6.07) is 21.4. The van der Waals surface area contributed by atoms with Crippen molar-refractivity contribution in [1.82, 2.24) is 4.90 Å². The Kier molecular flexibility index (Phi) is 5.37. The van der Waals surface area contributed by atoms with E-state index in [1.807, 2.05) is 36.4 Å². The summed E-state index contributed by atoms with van der Waals surface area (Å²) in [6.07, 6.45) is 0. The smallest absolute Gasteiger partial charge is 0.257 e. The molecule has 0 fully saturated rings. The van der Waals surface area contributed by atoms with E-state index in [0.29, 0.717) is 28.4 Å². The largest absolute Gasteiger partial charge is 0.323 e. The zero-order valence-corrected chi connectivity index (χ0v) is 17.6. The van der Waals surface area contributed by atoms with Crippen molar-refractivity contribution >= 4 is 51.7 Å². The molecule has 0 saturated carbocycles. The Morgan fingerprint density at radius 1 is 0.964 bits per heavy atom. The van der Waals surface area contributed by atoms with Crippen LogP contribution in [0.4, 0.5) is 5.69 Å². The molecule has 0 radical (unpaired) electrons. The third-order valence-electron chi connectivity index (χ3n) is 4.67. The predicted molar refractivity (Wildman–Crippen MR) is 118 cm³/mol. The van der Waals surface area contributed by atoms with Crippen molar-refractivity contribution in [3.63, 3.8) is 0 Å². The second-order valence-electron chi connectivity index (χ2n) is 6.55. The maximum atomic E-state index is 13.5. The van der Waals surface area contributed by atoms with Gasteiger partial charge in [0.1, 0.15) is 6.04 Å². The molecule has 1 aliphatic heterocycles. The number of hydrogen-bond acceptors (Lipinski definition) is 2. The Morgan fingerprint density at radius 2 is 1.68 bits per heavy atom. The van der Waals surface area contributed by atoms with Crippen LogP contribution < -0.4 is 5.32 Å². The predicted octanol–water partition coefficient (Wildman–Crippen LogP) is 5.28. The average Bonchev–Trinajstić information content (AvgIpc) is 2.79. The van der Waals surface area contributed by atoms with E-state index < -0.39 is 6.04 Å². The number of carbonyl (C=O) groups excluding carboxylic acids is 2. The van der Waals surface area contributed by atoms with Crippen LogP contribution in [-0.2, 0) is 11.3 Å². The van der Waals surface area contributed by atoms with Crippen molar-refractivity contribution < 1.29 is 9.59 Å². The summed E-state index contributed by atoms with van der Waals surface area (Å²) in [6.45, 7) is 0.325. The number of nitrogens with one attached hydrogen (secondary N) is 1. The summed E-state index contributed by atoms with van der Waals surface area (Å²) < 4.78 is 0.934. The molecule has 0 spiro atoms. The summed E-state index contributed by atoms with van der Waals surface area (Å²) in [5, 5.41) is 3.50. The topological polar surface area (TPSA) is 49.4 Å². The standard InChI is InChI=1S/C22H16ClIN2O2/c23-16-8-6-15(7-9-16)20-21(27)25-19-11-10-17(24)12-18(19)22(28)26(20)13-14-4-2-1-3-5-14/h1-12,20H,13H2,(H,25,27). The molecule has 3 aromatic rings. The summed E-state index contributed by atoms with van der Waals surface area (Å²) in [5.41, 5.74) is 2.70. The van der Waals surface area contributed by atoms with Crippen LogP contribution >= 0.6 is 34.2 Å². The van der Waals surface area contributed by atoms with Gasteiger partial charge in [0.25, 0.3) is 11.8 Å². The molecule has 1 unspecified atom stereocenters. The molecule has 0 aromatic heterocycles. The van der Waals surface area contributed by atoms with Crippen LogP contribution in [0.3, 0.4) is 0 Å². The lowest BCUT2D eigenvalue weighted by Gasteiger charge is -2.29. The zero-order valence-electron chi connectivity index (χ0n) is 14.7. The van der Waals surface area contributed by atoms with E-state index in [9.17, 15) is 9.59 Å². The van der Waals surface area contributed by atoms with Gasteiger partial charge in [-0.1, -0.05) is 54.1 Å². The van der Waals surface area contributed by atoms with Crippen molar-refractivity contribution in [3.8, 4) is 0 Å².